The van der Waals surface area contributed by atoms with Gasteiger partial charge in [0.15, 0.2) is 12.1 Å². The lowest BCUT2D eigenvalue weighted by Crippen LogP contribution is -2.29. The first kappa shape index (κ1) is 74.3. The molecule has 0 saturated heterocycles. The molecule has 6 amide bonds. The number of amides is 6. The van der Waals surface area contributed by atoms with E-state index in [1.165, 1.54) is 21.9 Å². The molecule has 0 aliphatic carbocycles. The minimum atomic E-state index is -1.06. The lowest BCUT2D eigenvalue weighted by molar-refractivity contribution is -0.395. The molecule has 0 unspecified atom stereocenters. The van der Waals surface area contributed by atoms with Crippen molar-refractivity contribution >= 4 is 181 Å². The van der Waals surface area contributed by atoms with Crippen molar-refractivity contribution in [3.63, 3.8) is 0 Å². The first-order chi connectivity index (χ1) is 53.1. The lowest BCUT2D eigenvalue weighted by Gasteiger charge is -2.17. The number of aromatic hydroxyl groups is 1. The van der Waals surface area contributed by atoms with Crippen molar-refractivity contribution in [2.75, 3.05) is 70.7 Å². The molecular weight excluding hydrogens is 1430 g/mol. The fourth-order valence-corrected chi connectivity index (χ4v) is 14.9. The summed E-state index contributed by atoms with van der Waals surface area (Å²) in [7, 11) is 7.06. The number of aldehydes is 1. The molecule has 0 spiro atoms. The molecule has 0 radical (unpaired) electrons. The lowest BCUT2D eigenvalue weighted by atomic mass is 9.99. The Bertz CT molecular complexity index is 6250. The maximum atomic E-state index is 12.7. The molecule has 0 aromatic heterocycles. The third-order valence-corrected chi connectivity index (χ3v) is 20.2. The number of carbonyl (C=O) groups excluding carboxylic acids is 8. The number of hydrogen-bond acceptors (Lipinski definition) is 17. The van der Waals surface area contributed by atoms with Crippen LogP contribution in [0, 0.1) is 30.3 Å². The number of phenols is 1. The van der Waals surface area contributed by atoms with E-state index < -0.39 is 49.7 Å². The fraction of sp³-hybridized carbons (Fsp3) is 0.133. The molecule has 3 N–H and O–H groups in total. The van der Waals surface area contributed by atoms with Crippen LogP contribution in [0.4, 0.5) is 51.2 Å². The number of anilines is 6. The number of unbranched alkanes of at least 4 members (excludes halogenated alkanes) is 1. The standard InChI is InChI=1S/C15H12N4O7.C15H11NO5.C14H11NO2.C14H11NO.C13H9NO2.C12H9NO2/c1-2-3-6-16-14-11(19(25)26)7-10(18(23)24)13-9(17(21)22)5-4-8(12(13)14)15(16)20;17-12(18)6-7-16-11-5-4-9(15(20)21)8-2-1-3-10(13(8)11)14(16)19;1-8(16)9-6-7-12-13-10(9)4-3-5-11(13)14(17)15(12)2;1-3-9-7-10-5-4-6-12-13(10)11(8-9)14(16)15(12)2;1-14-11-6-5-8(7-15)9-3-2-4-10(12(9)11)13(14)16;1-13-9-4-2-3-7-10(14)6-5-8(11(7)9)12(13)15/h4-5,7H,2-3,6H2,1H3;1-5H,6-7H2,(H,17,18)(H,20,21);3-7H,1-2H3;3-8H,1H2,2H3;2-7H,1H3;2-6,14H,1H3. The number of ketones is 1. The van der Waals surface area contributed by atoms with Gasteiger partial charge in [0.2, 0.25) is 0 Å². The molecule has 554 valence electrons. The largest absolute Gasteiger partial charge is 0.507 e. The number of phenolic OH excluding ortho intramolecular Hbond substituents is 1. The minimum absolute atomic E-state index is 0.00805. The van der Waals surface area contributed by atoms with Crippen LogP contribution in [0.25, 0.3) is 70.7 Å². The fourth-order valence-electron chi connectivity index (χ4n) is 14.9. The third-order valence-electron chi connectivity index (χ3n) is 20.2. The number of carboxylic acids is 2. The van der Waals surface area contributed by atoms with Crippen LogP contribution in [0.15, 0.2) is 176 Å². The molecule has 0 bridgehead atoms. The van der Waals surface area contributed by atoms with E-state index in [-0.39, 0.29) is 88.2 Å². The number of carbonyl (C=O) groups is 10. The molecule has 28 heteroatoms. The molecule has 0 saturated carbocycles. The van der Waals surface area contributed by atoms with Crippen molar-refractivity contribution in [3.8, 4) is 5.75 Å². The van der Waals surface area contributed by atoms with Crippen molar-refractivity contribution in [2.24, 2.45) is 0 Å². The number of benzene rings is 12. The molecule has 6 heterocycles. The predicted octanol–water partition coefficient (Wildman–Crippen LogP) is 15.4. The number of aromatic carboxylic acids is 1. The molecule has 0 fully saturated rings. The number of aliphatic carboxylic acids is 1. The van der Waals surface area contributed by atoms with Gasteiger partial charge in [-0.2, -0.15) is 0 Å². The van der Waals surface area contributed by atoms with E-state index in [2.05, 4.69) is 12.6 Å². The second-order valence-corrected chi connectivity index (χ2v) is 26.4. The molecule has 111 heavy (non-hydrogen) atoms. The highest BCUT2D eigenvalue weighted by Crippen LogP contribution is 2.51. The number of rotatable bonds is 13. The average molecular weight is 1490 g/mol. The van der Waals surface area contributed by atoms with Gasteiger partial charge in [-0.3, -0.25) is 73.5 Å². The predicted molar refractivity (Wildman–Crippen MR) is 419 cm³/mol. The van der Waals surface area contributed by atoms with Gasteiger partial charge in [-0.25, -0.2) is 4.79 Å². The van der Waals surface area contributed by atoms with Crippen molar-refractivity contribution in [1.29, 1.82) is 0 Å². The van der Waals surface area contributed by atoms with Crippen molar-refractivity contribution in [1.82, 2.24) is 0 Å². The highest BCUT2D eigenvalue weighted by atomic mass is 16.6. The normalized spacial score (nSPS) is 13.3. The molecule has 18 rings (SSSR count). The Labute approximate surface area is 628 Å². The van der Waals surface area contributed by atoms with Crippen molar-refractivity contribution in [3.05, 3.63) is 262 Å². The van der Waals surface area contributed by atoms with Crippen LogP contribution in [0.5, 0.6) is 5.75 Å². The molecule has 12 aromatic rings. The van der Waals surface area contributed by atoms with Gasteiger partial charge >= 0.3 is 17.6 Å². The van der Waals surface area contributed by atoms with Gasteiger partial charge in [-0.05, 0) is 138 Å². The summed E-state index contributed by atoms with van der Waals surface area (Å²) >= 11 is 0. The van der Waals surface area contributed by atoms with Crippen LogP contribution in [-0.4, -0.2) is 131 Å². The Morgan fingerprint density at radius 1 is 0.450 bits per heavy atom. The Kier molecular flexibility index (Phi) is 19.5. The summed E-state index contributed by atoms with van der Waals surface area (Å²) in [5.74, 6) is -2.62. The summed E-state index contributed by atoms with van der Waals surface area (Å²) in [6.45, 7) is 7.40. The van der Waals surface area contributed by atoms with E-state index in [4.69, 9.17) is 5.11 Å². The zero-order valence-electron chi connectivity index (χ0n) is 60.0. The Hall–Kier alpha value is -15.0. The van der Waals surface area contributed by atoms with Crippen molar-refractivity contribution in [2.45, 2.75) is 33.1 Å². The summed E-state index contributed by atoms with van der Waals surface area (Å²) in [4.78, 5) is 158. The first-order valence-corrected chi connectivity index (χ1v) is 34.4. The van der Waals surface area contributed by atoms with Gasteiger partial charge in [0.05, 0.1) is 77.9 Å². The highest BCUT2D eigenvalue weighted by molar-refractivity contribution is 6.32. The number of Topliss-reactive ketones (excluding diaryl/α,β-unsaturated/α-hetero) is 1. The summed E-state index contributed by atoms with van der Waals surface area (Å²) < 4.78 is 0. The maximum absolute atomic E-state index is 12.7. The van der Waals surface area contributed by atoms with Gasteiger partial charge in [0.25, 0.3) is 46.8 Å². The number of carboxylic acid groups (broad SMARTS) is 2. The maximum Gasteiger partial charge on any atom is 0.336 e. The summed E-state index contributed by atoms with van der Waals surface area (Å²) in [6, 6.07) is 47.7. The average Bonchev–Trinajstić information content (AvgIpc) is 1.76. The highest BCUT2D eigenvalue weighted by Gasteiger charge is 2.43. The molecule has 6 aliphatic rings. The summed E-state index contributed by atoms with van der Waals surface area (Å²) in [6.07, 6.45) is 3.70. The van der Waals surface area contributed by atoms with Crippen LogP contribution < -0.4 is 29.4 Å². The van der Waals surface area contributed by atoms with E-state index in [0.29, 0.717) is 68.7 Å². The van der Waals surface area contributed by atoms with Crippen molar-refractivity contribution < 1.29 is 78.0 Å². The quantitative estimate of drug-likeness (QED) is 0.0418. The second-order valence-electron chi connectivity index (χ2n) is 26.4. The van der Waals surface area contributed by atoms with Gasteiger partial charge in [-0.15, -0.1) is 0 Å². The van der Waals surface area contributed by atoms with Gasteiger partial charge in [-0.1, -0.05) is 86.7 Å². The van der Waals surface area contributed by atoms with Gasteiger partial charge in [0, 0.05) is 113 Å². The minimum Gasteiger partial charge on any atom is -0.507 e. The van der Waals surface area contributed by atoms with Crippen LogP contribution in [0.2, 0.25) is 0 Å². The topological polar surface area (TPSA) is 380 Å². The van der Waals surface area contributed by atoms with E-state index >= 15 is 0 Å². The smallest absolute Gasteiger partial charge is 0.336 e. The van der Waals surface area contributed by atoms with E-state index in [0.717, 1.165) is 89.3 Å². The second kappa shape index (κ2) is 29.1. The number of non-ortho nitro benzene ring substituents is 2. The monoisotopic (exact) mass is 1490 g/mol. The zero-order valence-corrected chi connectivity index (χ0v) is 60.0. The van der Waals surface area contributed by atoms with Crippen LogP contribution in [-0.2, 0) is 4.79 Å². The number of nitrogens with zero attached hydrogens (tertiary/aromatic N) is 9. The van der Waals surface area contributed by atoms with E-state index in [9.17, 15) is 88.5 Å². The summed E-state index contributed by atoms with van der Waals surface area (Å²) in [5, 5.41) is 69.7. The summed E-state index contributed by atoms with van der Waals surface area (Å²) in [5.41, 5.74) is 7.74. The molecule has 0 atom stereocenters. The van der Waals surface area contributed by atoms with Gasteiger partial charge in [0.1, 0.15) is 16.8 Å². The third kappa shape index (κ3) is 12.5. The number of hydrogen-bond donors (Lipinski definition) is 3. The molecular formula is C83H63N9O19. The van der Waals surface area contributed by atoms with Crippen LogP contribution in [0.1, 0.15) is 132 Å². The molecule has 6 aliphatic heterocycles. The Morgan fingerprint density at radius 2 is 0.910 bits per heavy atom. The van der Waals surface area contributed by atoms with Gasteiger partial charge < -0.3 is 44.7 Å². The Morgan fingerprint density at radius 3 is 1.48 bits per heavy atom. The first-order valence-electron chi connectivity index (χ1n) is 34.4. The zero-order chi connectivity index (χ0) is 79.6. The van der Waals surface area contributed by atoms with E-state index in [1.54, 1.807) is 108 Å². The van der Waals surface area contributed by atoms with Crippen LogP contribution >= 0.6 is 0 Å². The Balaban J connectivity index is 0.000000118. The SMILES string of the molecule is C=Cc1cc2c3c(cccc3c1)N(C)C2=O.CC(=O)c1ccc2c3c(cccc13)C(=O)N2C.CCCCN1C(=O)c2ccc([N+](=O)[O-])c3c([N+](=O)[O-])cc([N+](=O)[O-])c1c23.CN1C(=O)c2ccc(O)c3cccc1c23.CN1C(=O)c2cccc3c(C=O)ccc1c23.O=C(O)CCN1C(=O)c2cccc3c(C(=O)O)ccc1c23. The van der Waals surface area contributed by atoms with E-state index in [1.807, 2.05) is 98.9 Å². The van der Waals surface area contributed by atoms with Crippen LogP contribution in [0.3, 0.4) is 0 Å². The molecule has 12 aromatic carbocycles. The number of nitro groups is 3. The molecule has 28 nitrogen and oxygen atoms in total. The number of nitro benzene ring substituents is 3.